The number of rotatable bonds is 3. The molecule has 1 fully saturated rings. The van der Waals surface area contributed by atoms with E-state index < -0.39 is 0 Å². The van der Waals surface area contributed by atoms with Crippen molar-refractivity contribution in [1.82, 2.24) is 0 Å². The first-order valence-corrected chi connectivity index (χ1v) is 7.62. The summed E-state index contributed by atoms with van der Waals surface area (Å²) < 4.78 is 5.91. The number of nitrogens with one attached hydrogen (secondary N) is 1. The summed E-state index contributed by atoms with van der Waals surface area (Å²) in [5, 5.41) is 0. The molecule has 1 aliphatic carbocycles. The van der Waals surface area contributed by atoms with E-state index in [1.54, 1.807) is 10.5 Å². The van der Waals surface area contributed by atoms with Crippen LogP contribution in [0.2, 0.25) is 0 Å². The fourth-order valence-corrected chi connectivity index (χ4v) is 3.97. The van der Waals surface area contributed by atoms with E-state index in [-0.39, 0.29) is 0 Å². The van der Waals surface area contributed by atoms with Crippen LogP contribution in [-0.2, 0) is 4.74 Å². The molecule has 0 saturated carbocycles. The largest absolute Gasteiger partial charge is 0.323 e. The molecule has 2 rings (SSSR count). The first-order valence-electron chi connectivity index (χ1n) is 7.62. The van der Waals surface area contributed by atoms with Crippen molar-refractivity contribution < 1.29 is 9.64 Å². The van der Waals surface area contributed by atoms with Crippen molar-refractivity contribution in [2.24, 2.45) is 23.7 Å². The molecule has 0 spiro atoms. The van der Waals surface area contributed by atoms with Crippen molar-refractivity contribution in [3.63, 3.8) is 0 Å². The number of hydrogen-bond donors (Lipinski definition) is 1. The minimum atomic E-state index is 0.427. The van der Waals surface area contributed by atoms with Crippen LogP contribution in [0, 0.1) is 23.7 Å². The number of hydrogen-bond acceptors (Lipinski definition) is 1. The van der Waals surface area contributed by atoms with Gasteiger partial charge in [0.1, 0.15) is 13.2 Å². The Morgan fingerprint density at radius 1 is 1.39 bits per heavy atom. The topological polar surface area (TPSA) is 13.7 Å². The Morgan fingerprint density at radius 3 is 2.72 bits per heavy atom. The molecular formula is C16H30NO+. The van der Waals surface area contributed by atoms with Gasteiger partial charge in [-0.15, -0.1) is 0 Å². The third kappa shape index (κ3) is 2.97. The lowest BCUT2D eigenvalue weighted by molar-refractivity contribution is -0.932. The van der Waals surface area contributed by atoms with E-state index in [4.69, 9.17) is 4.74 Å². The van der Waals surface area contributed by atoms with Gasteiger partial charge in [0.15, 0.2) is 6.23 Å². The highest BCUT2D eigenvalue weighted by Gasteiger charge is 2.37. The fraction of sp³-hybridized carbons (Fsp3) is 0.875. The van der Waals surface area contributed by atoms with E-state index in [9.17, 15) is 0 Å². The van der Waals surface area contributed by atoms with Crippen molar-refractivity contribution in [2.45, 2.75) is 47.3 Å². The zero-order valence-electron chi connectivity index (χ0n) is 12.7. The Bertz CT molecular complexity index is 310. The molecular weight excluding hydrogens is 222 g/mol. The lowest BCUT2D eigenvalue weighted by atomic mass is 9.74. The molecule has 1 saturated heterocycles. The molecule has 18 heavy (non-hydrogen) atoms. The second kappa shape index (κ2) is 5.75. The molecule has 0 amide bonds. The average molecular weight is 252 g/mol. The molecule has 5 atom stereocenters. The third-order valence-electron chi connectivity index (χ3n) is 4.82. The van der Waals surface area contributed by atoms with Gasteiger partial charge in [-0.3, -0.25) is 0 Å². The molecule has 0 bridgehead atoms. The van der Waals surface area contributed by atoms with Crippen molar-refractivity contribution in [3.05, 3.63) is 11.6 Å². The highest BCUT2D eigenvalue weighted by molar-refractivity contribution is 5.08. The van der Waals surface area contributed by atoms with Crippen molar-refractivity contribution in [1.29, 1.82) is 0 Å². The molecule has 2 heteroatoms. The van der Waals surface area contributed by atoms with Crippen molar-refractivity contribution in [3.8, 4) is 0 Å². The van der Waals surface area contributed by atoms with Gasteiger partial charge < -0.3 is 9.64 Å². The molecule has 2 aliphatic rings. The summed E-state index contributed by atoms with van der Waals surface area (Å²) in [7, 11) is 0. The summed E-state index contributed by atoms with van der Waals surface area (Å²) in [5.74, 6) is 3.02. The van der Waals surface area contributed by atoms with Gasteiger partial charge in [0.05, 0.1) is 6.54 Å². The second-order valence-corrected chi connectivity index (χ2v) is 6.87. The minimum Gasteiger partial charge on any atom is -0.323 e. The summed E-state index contributed by atoms with van der Waals surface area (Å²) in [4.78, 5) is 1.68. The van der Waals surface area contributed by atoms with Gasteiger partial charge in [-0.2, -0.15) is 0 Å². The predicted molar refractivity (Wildman–Crippen MR) is 75.5 cm³/mol. The molecule has 0 aromatic rings. The van der Waals surface area contributed by atoms with Crippen LogP contribution in [0.4, 0.5) is 0 Å². The predicted octanol–water partition coefficient (Wildman–Crippen LogP) is 2.12. The normalized spacial score (nSPS) is 41.2. The lowest BCUT2D eigenvalue weighted by Crippen LogP contribution is -3.15. The minimum absolute atomic E-state index is 0.427. The first-order chi connectivity index (χ1) is 8.49. The summed E-state index contributed by atoms with van der Waals surface area (Å²) in [5.41, 5.74) is 1.58. The van der Waals surface area contributed by atoms with Crippen LogP contribution in [0.5, 0.6) is 0 Å². The van der Waals surface area contributed by atoms with Crippen LogP contribution in [0.15, 0.2) is 11.6 Å². The SMILES string of the molecule is CC1=C[C@@H](C)[C@H](C[NH+]2CCO[C@@H]2C(C)C)[C@@H](C)C1. The second-order valence-electron chi connectivity index (χ2n) is 6.87. The number of quaternary nitrogens is 1. The summed E-state index contributed by atoms with van der Waals surface area (Å²) >= 11 is 0. The molecule has 2 nitrogen and oxygen atoms in total. The fourth-order valence-electron chi connectivity index (χ4n) is 3.97. The van der Waals surface area contributed by atoms with Crippen LogP contribution in [-0.4, -0.2) is 25.9 Å². The van der Waals surface area contributed by atoms with Gasteiger partial charge in [0.2, 0.25) is 0 Å². The maximum Gasteiger partial charge on any atom is 0.194 e. The molecule has 0 aromatic carbocycles. The maximum atomic E-state index is 5.91. The van der Waals surface area contributed by atoms with Crippen LogP contribution in [0.1, 0.15) is 41.0 Å². The average Bonchev–Trinajstić information content (AvgIpc) is 2.71. The van der Waals surface area contributed by atoms with E-state index in [0.29, 0.717) is 12.1 Å². The van der Waals surface area contributed by atoms with Gasteiger partial charge in [0.25, 0.3) is 0 Å². The molecule has 0 radical (unpaired) electrons. The van der Waals surface area contributed by atoms with Gasteiger partial charge in [-0.1, -0.05) is 39.3 Å². The van der Waals surface area contributed by atoms with Gasteiger partial charge in [-0.05, 0) is 25.2 Å². The molecule has 1 unspecified atom stereocenters. The molecule has 104 valence electrons. The van der Waals surface area contributed by atoms with E-state index in [0.717, 1.165) is 24.4 Å². The third-order valence-corrected chi connectivity index (χ3v) is 4.82. The number of allylic oxidation sites excluding steroid dienone is 2. The van der Waals surface area contributed by atoms with Crippen LogP contribution in [0.3, 0.4) is 0 Å². The van der Waals surface area contributed by atoms with E-state index >= 15 is 0 Å². The zero-order valence-corrected chi connectivity index (χ0v) is 12.7. The van der Waals surface area contributed by atoms with Gasteiger partial charge in [0, 0.05) is 11.8 Å². The molecule has 1 N–H and O–H groups in total. The Kier molecular flexibility index (Phi) is 4.50. The smallest absolute Gasteiger partial charge is 0.194 e. The summed E-state index contributed by atoms with van der Waals surface area (Å²) in [6.07, 6.45) is 4.21. The zero-order chi connectivity index (χ0) is 13.3. The van der Waals surface area contributed by atoms with Crippen LogP contribution in [0.25, 0.3) is 0 Å². The maximum absolute atomic E-state index is 5.91. The monoisotopic (exact) mass is 252 g/mol. The Labute approximate surface area is 112 Å². The quantitative estimate of drug-likeness (QED) is 0.760. The lowest BCUT2D eigenvalue weighted by Gasteiger charge is -2.35. The Balaban J connectivity index is 2.00. The van der Waals surface area contributed by atoms with E-state index in [2.05, 4.69) is 40.7 Å². The molecule has 1 aliphatic heterocycles. The highest BCUT2D eigenvalue weighted by Crippen LogP contribution is 2.32. The summed E-state index contributed by atoms with van der Waals surface area (Å²) in [6.45, 7) is 15.1. The molecule has 0 aromatic heterocycles. The van der Waals surface area contributed by atoms with Gasteiger partial charge in [-0.25, -0.2) is 0 Å². The molecule has 1 heterocycles. The van der Waals surface area contributed by atoms with E-state index in [1.807, 2.05) is 0 Å². The Hall–Kier alpha value is -0.340. The Morgan fingerprint density at radius 2 is 2.11 bits per heavy atom. The summed E-state index contributed by atoms with van der Waals surface area (Å²) in [6, 6.07) is 0. The van der Waals surface area contributed by atoms with E-state index in [1.165, 1.54) is 19.5 Å². The van der Waals surface area contributed by atoms with Crippen LogP contribution >= 0.6 is 0 Å². The van der Waals surface area contributed by atoms with Gasteiger partial charge >= 0.3 is 0 Å². The highest BCUT2D eigenvalue weighted by atomic mass is 16.5. The number of ether oxygens (including phenoxy) is 1. The van der Waals surface area contributed by atoms with Crippen molar-refractivity contribution >= 4 is 0 Å². The van der Waals surface area contributed by atoms with Crippen LogP contribution < -0.4 is 4.90 Å². The van der Waals surface area contributed by atoms with Crippen molar-refractivity contribution in [2.75, 3.05) is 19.7 Å². The standard InChI is InChI=1S/C16H29NO/c1-11(2)16-17(6-7-18-16)10-15-13(4)8-12(3)9-14(15)5/h8,11,13-16H,6-7,9-10H2,1-5H3/p+1/t13-,14+,15+,16-/m1/s1. The first kappa shape index (κ1) is 14.1.